The quantitative estimate of drug-likeness (QED) is 0.648. The van der Waals surface area contributed by atoms with Gasteiger partial charge in [-0.2, -0.15) is 0 Å². The number of nitrogens with zero attached hydrogens (tertiary/aromatic N) is 1. The van der Waals surface area contributed by atoms with E-state index in [4.69, 9.17) is 11.6 Å². The van der Waals surface area contributed by atoms with Gasteiger partial charge >= 0.3 is 0 Å². The van der Waals surface area contributed by atoms with Crippen molar-refractivity contribution in [3.05, 3.63) is 87.5 Å². The highest BCUT2D eigenvalue weighted by Gasteiger charge is 2.15. The molecular weight excluding hydrogens is 370 g/mol. The van der Waals surface area contributed by atoms with Crippen molar-refractivity contribution in [1.29, 1.82) is 0 Å². The third-order valence-corrected chi connectivity index (χ3v) is 4.42. The summed E-state index contributed by atoms with van der Waals surface area (Å²) in [4.78, 5) is 29.6. The first-order chi connectivity index (χ1) is 12.6. The van der Waals surface area contributed by atoms with Crippen molar-refractivity contribution in [2.24, 2.45) is 0 Å². The molecule has 0 saturated heterocycles. The minimum Gasteiger partial charge on any atom is -0.321 e. The van der Waals surface area contributed by atoms with Crippen LogP contribution in [0.4, 0.5) is 5.69 Å². The normalized spacial score (nSPS) is 11.0. The number of thiophene rings is 1. The largest absolute Gasteiger partial charge is 0.321 e. The lowest BCUT2D eigenvalue weighted by atomic mass is 10.2. The molecule has 5 nitrogen and oxygen atoms in total. The van der Waals surface area contributed by atoms with Gasteiger partial charge < -0.3 is 10.6 Å². The molecule has 2 aromatic heterocycles. The van der Waals surface area contributed by atoms with Crippen molar-refractivity contribution in [3.63, 3.8) is 0 Å². The molecule has 0 saturated carbocycles. The molecule has 0 aliphatic heterocycles. The highest BCUT2D eigenvalue weighted by atomic mass is 35.5. The van der Waals surface area contributed by atoms with E-state index in [0.717, 1.165) is 0 Å². The summed E-state index contributed by atoms with van der Waals surface area (Å²) < 4.78 is 0. The number of halogens is 1. The molecule has 3 rings (SSSR count). The standard InChI is InChI=1S/C19H14ClN3O2S/c20-14-5-1-6-15(11-14)22-18(24)16(10-13-4-2-8-21-12-13)23-19(25)17-7-3-9-26-17/h1-12H,(H,22,24)(H,23,25). The van der Waals surface area contributed by atoms with Crippen molar-refractivity contribution in [2.45, 2.75) is 0 Å². The first kappa shape index (κ1) is 17.8. The molecule has 26 heavy (non-hydrogen) atoms. The highest BCUT2D eigenvalue weighted by Crippen LogP contribution is 2.16. The Kier molecular flexibility index (Phi) is 5.78. The van der Waals surface area contributed by atoms with Crippen molar-refractivity contribution >= 4 is 46.5 Å². The van der Waals surface area contributed by atoms with Crippen LogP contribution < -0.4 is 10.6 Å². The molecule has 0 radical (unpaired) electrons. The zero-order chi connectivity index (χ0) is 18.4. The van der Waals surface area contributed by atoms with Gasteiger partial charge in [0.05, 0.1) is 4.88 Å². The predicted molar refractivity (Wildman–Crippen MR) is 104 cm³/mol. The number of benzene rings is 1. The van der Waals surface area contributed by atoms with Crippen molar-refractivity contribution in [2.75, 3.05) is 5.32 Å². The van der Waals surface area contributed by atoms with Crippen molar-refractivity contribution in [3.8, 4) is 0 Å². The molecule has 1 aromatic carbocycles. The summed E-state index contributed by atoms with van der Waals surface area (Å²) in [5.74, 6) is -0.808. The van der Waals surface area contributed by atoms with Gasteiger partial charge in [0.25, 0.3) is 11.8 Å². The van der Waals surface area contributed by atoms with Gasteiger partial charge in [-0.05, 0) is 47.4 Å². The molecule has 130 valence electrons. The summed E-state index contributed by atoms with van der Waals surface area (Å²) in [6.45, 7) is 0. The fraction of sp³-hybridized carbons (Fsp3) is 0. The van der Waals surface area contributed by atoms with Gasteiger partial charge in [-0.15, -0.1) is 11.3 Å². The lowest BCUT2D eigenvalue weighted by Crippen LogP contribution is -2.30. The van der Waals surface area contributed by atoms with E-state index in [2.05, 4.69) is 15.6 Å². The molecule has 7 heteroatoms. The first-order valence-corrected chi connectivity index (χ1v) is 8.91. The summed E-state index contributed by atoms with van der Waals surface area (Å²) in [7, 11) is 0. The number of anilines is 1. The lowest BCUT2D eigenvalue weighted by Gasteiger charge is -2.11. The topological polar surface area (TPSA) is 71.1 Å². The van der Waals surface area contributed by atoms with Crippen LogP contribution in [0.1, 0.15) is 15.2 Å². The summed E-state index contributed by atoms with van der Waals surface area (Å²) in [6, 6.07) is 13.8. The Morgan fingerprint density at radius 1 is 1.12 bits per heavy atom. The van der Waals surface area contributed by atoms with Crippen LogP contribution in [0.15, 0.2) is 72.0 Å². The fourth-order valence-corrected chi connectivity index (χ4v) is 2.95. The van der Waals surface area contributed by atoms with Crippen LogP contribution >= 0.6 is 22.9 Å². The minimum atomic E-state index is -0.457. The van der Waals surface area contributed by atoms with Gasteiger partial charge in [-0.1, -0.05) is 29.8 Å². The van der Waals surface area contributed by atoms with E-state index in [1.165, 1.54) is 11.3 Å². The molecule has 0 aliphatic rings. The number of nitrogens with one attached hydrogen (secondary N) is 2. The maximum absolute atomic E-state index is 12.7. The molecule has 0 unspecified atom stereocenters. The maximum Gasteiger partial charge on any atom is 0.272 e. The average molecular weight is 384 g/mol. The molecule has 3 aromatic rings. The third kappa shape index (κ3) is 4.78. The minimum absolute atomic E-state index is 0.108. The second-order valence-electron chi connectivity index (χ2n) is 5.24. The zero-order valence-electron chi connectivity index (χ0n) is 13.5. The molecule has 0 aliphatic carbocycles. The number of carbonyl (C=O) groups is 2. The summed E-state index contributed by atoms with van der Waals surface area (Å²) >= 11 is 7.24. The smallest absolute Gasteiger partial charge is 0.272 e. The number of aromatic nitrogens is 1. The Morgan fingerprint density at radius 3 is 2.69 bits per heavy atom. The van der Waals surface area contributed by atoms with E-state index in [1.54, 1.807) is 72.4 Å². The molecule has 0 bridgehead atoms. The highest BCUT2D eigenvalue weighted by molar-refractivity contribution is 7.12. The first-order valence-electron chi connectivity index (χ1n) is 7.65. The number of carbonyl (C=O) groups excluding carboxylic acids is 2. The van der Waals surface area contributed by atoms with E-state index in [1.807, 2.05) is 0 Å². The van der Waals surface area contributed by atoms with E-state index in [0.29, 0.717) is 21.2 Å². The Morgan fingerprint density at radius 2 is 2.00 bits per heavy atom. The number of hydrogen-bond donors (Lipinski definition) is 2. The van der Waals surface area contributed by atoms with Gasteiger partial charge in [-0.25, -0.2) is 0 Å². The number of hydrogen-bond acceptors (Lipinski definition) is 4. The average Bonchev–Trinajstić information content (AvgIpc) is 3.17. The van der Waals surface area contributed by atoms with Gasteiger partial charge in [0.2, 0.25) is 0 Å². The monoisotopic (exact) mass is 383 g/mol. The number of pyridine rings is 1. The van der Waals surface area contributed by atoms with Gasteiger partial charge in [0, 0.05) is 23.1 Å². The lowest BCUT2D eigenvalue weighted by molar-refractivity contribution is -0.113. The predicted octanol–water partition coefficient (Wildman–Crippen LogP) is 4.21. The van der Waals surface area contributed by atoms with Crippen LogP contribution in [0.25, 0.3) is 6.08 Å². The second-order valence-corrected chi connectivity index (χ2v) is 6.62. The van der Waals surface area contributed by atoms with Crippen molar-refractivity contribution in [1.82, 2.24) is 10.3 Å². The molecule has 0 atom stereocenters. The van der Waals surface area contributed by atoms with E-state index < -0.39 is 5.91 Å². The van der Waals surface area contributed by atoms with Gasteiger partial charge in [-0.3, -0.25) is 14.6 Å². The van der Waals surface area contributed by atoms with Gasteiger partial charge in [0.1, 0.15) is 5.70 Å². The fourth-order valence-electron chi connectivity index (χ4n) is 2.14. The SMILES string of the molecule is O=C(Nc1cccc(Cl)c1)C(=Cc1cccnc1)NC(=O)c1cccs1. The van der Waals surface area contributed by atoms with E-state index in [9.17, 15) is 9.59 Å². The maximum atomic E-state index is 12.7. The van der Waals surface area contributed by atoms with Crippen LogP contribution in [-0.2, 0) is 4.79 Å². The summed E-state index contributed by atoms with van der Waals surface area (Å²) in [5, 5.41) is 7.69. The van der Waals surface area contributed by atoms with Crippen LogP contribution in [0.2, 0.25) is 5.02 Å². The number of amides is 2. The van der Waals surface area contributed by atoms with E-state index >= 15 is 0 Å². The Balaban J connectivity index is 1.85. The zero-order valence-corrected chi connectivity index (χ0v) is 15.1. The summed E-state index contributed by atoms with van der Waals surface area (Å²) in [6.07, 6.45) is 4.80. The third-order valence-electron chi connectivity index (χ3n) is 3.32. The molecule has 0 spiro atoms. The van der Waals surface area contributed by atoms with Crippen LogP contribution in [-0.4, -0.2) is 16.8 Å². The molecule has 2 N–H and O–H groups in total. The second kappa shape index (κ2) is 8.42. The van der Waals surface area contributed by atoms with Crippen LogP contribution in [0, 0.1) is 0 Å². The van der Waals surface area contributed by atoms with Crippen LogP contribution in [0.5, 0.6) is 0 Å². The molecule has 2 amide bonds. The van der Waals surface area contributed by atoms with Crippen LogP contribution in [0.3, 0.4) is 0 Å². The van der Waals surface area contributed by atoms with E-state index in [-0.39, 0.29) is 11.6 Å². The van der Waals surface area contributed by atoms with Gasteiger partial charge in [0.15, 0.2) is 0 Å². The molecule has 0 fully saturated rings. The number of rotatable bonds is 5. The Hall–Kier alpha value is -2.96. The summed E-state index contributed by atoms with van der Waals surface area (Å²) in [5.41, 5.74) is 1.33. The van der Waals surface area contributed by atoms with Crippen molar-refractivity contribution < 1.29 is 9.59 Å². The molecule has 2 heterocycles. The Bertz CT molecular complexity index is 940. The molecular formula is C19H14ClN3O2S. The Labute approximate surface area is 159 Å².